The molecule has 94 valence electrons. The second kappa shape index (κ2) is 4.82. The van der Waals surface area contributed by atoms with Gasteiger partial charge in [-0.1, -0.05) is 41.9 Å². The standard InChI is InChI=1S/C14H9ClFN3/c15-11-7-6-10(8-12(11)16)14-17-13(18-19-14)9-4-2-1-3-5-9/h1-8H,(H,17,18,19). The van der Waals surface area contributed by atoms with Gasteiger partial charge < -0.3 is 0 Å². The molecule has 0 aliphatic rings. The van der Waals surface area contributed by atoms with Crippen molar-refractivity contribution < 1.29 is 4.39 Å². The highest BCUT2D eigenvalue weighted by molar-refractivity contribution is 6.30. The normalized spacial score (nSPS) is 10.6. The molecular formula is C14H9ClFN3. The van der Waals surface area contributed by atoms with E-state index in [2.05, 4.69) is 15.2 Å². The number of aromatic nitrogens is 3. The van der Waals surface area contributed by atoms with E-state index in [9.17, 15) is 4.39 Å². The number of rotatable bonds is 2. The first-order valence-electron chi connectivity index (χ1n) is 5.67. The molecule has 3 rings (SSSR count). The van der Waals surface area contributed by atoms with Gasteiger partial charge in [0, 0.05) is 11.1 Å². The van der Waals surface area contributed by atoms with Crippen LogP contribution >= 0.6 is 11.6 Å². The van der Waals surface area contributed by atoms with Crippen LogP contribution in [0.25, 0.3) is 22.8 Å². The van der Waals surface area contributed by atoms with Gasteiger partial charge in [-0.15, -0.1) is 0 Å². The Morgan fingerprint density at radius 3 is 2.53 bits per heavy atom. The molecule has 0 spiro atoms. The van der Waals surface area contributed by atoms with E-state index in [1.54, 1.807) is 6.07 Å². The molecule has 0 saturated heterocycles. The van der Waals surface area contributed by atoms with Crippen LogP contribution in [-0.2, 0) is 0 Å². The Morgan fingerprint density at radius 1 is 1.00 bits per heavy atom. The average molecular weight is 274 g/mol. The number of H-pyrrole nitrogens is 1. The maximum atomic E-state index is 13.4. The van der Waals surface area contributed by atoms with Crippen molar-refractivity contribution in [3.05, 3.63) is 59.4 Å². The minimum atomic E-state index is -0.481. The van der Waals surface area contributed by atoms with E-state index < -0.39 is 5.82 Å². The lowest BCUT2D eigenvalue weighted by atomic mass is 10.2. The topological polar surface area (TPSA) is 41.6 Å². The van der Waals surface area contributed by atoms with Crippen LogP contribution in [0.5, 0.6) is 0 Å². The van der Waals surface area contributed by atoms with Gasteiger partial charge in [0.2, 0.25) is 0 Å². The number of hydrogen-bond donors (Lipinski definition) is 1. The molecule has 5 heteroatoms. The van der Waals surface area contributed by atoms with Gasteiger partial charge in [0.15, 0.2) is 11.6 Å². The van der Waals surface area contributed by atoms with E-state index in [1.807, 2.05) is 30.3 Å². The molecule has 3 aromatic rings. The lowest BCUT2D eigenvalue weighted by Crippen LogP contribution is -1.84. The second-order valence-corrected chi connectivity index (χ2v) is 4.41. The molecule has 1 aromatic heterocycles. The third-order valence-corrected chi connectivity index (χ3v) is 3.02. The quantitative estimate of drug-likeness (QED) is 0.768. The second-order valence-electron chi connectivity index (χ2n) is 4.00. The summed E-state index contributed by atoms with van der Waals surface area (Å²) in [5.74, 6) is 0.602. The molecule has 0 aliphatic heterocycles. The maximum Gasteiger partial charge on any atom is 0.181 e. The Hall–Kier alpha value is -2.20. The molecule has 0 bridgehead atoms. The van der Waals surface area contributed by atoms with E-state index in [0.717, 1.165) is 5.56 Å². The third kappa shape index (κ3) is 2.35. The molecule has 0 fully saturated rings. The Kier molecular flexibility index (Phi) is 3.01. The Morgan fingerprint density at radius 2 is 1.79 bits per heavy atom. The summed E-state index contributed by atoms with van der Waals surface area (Å²) in [5, 5.41) is 7.01. The van der Waals surface area contributed by atoms with Gasteiger partial charge in [-0.25, -0.2) is 9.37 Å². The van der Waals surface area contributed by atoms with Gasteiger partial charge in [-0.2, -0.15) is 5.10 Å². The van der Waals surface area contributed by atoms with Gasteiger partial charge >= 0.3 is 0 Å². The highest BCUT2D eigenvalue weighted by Crippen LogP contribution is 2.23. The number of aromatic amines is 1. The van der Waals surface area contributed by atoms with Crippen molar-refractivity contribution in [2.45, 2.75) is 0 Å². The van der Waals surface area contributed by atoms with Crippen LogP contribution in [0, 0.1) is 5.82 Å². The van der Waals surface area contributed by atoms with Crippen LogP contribution in [0.2, 0.25) is 5.02 Å². The van der Waals surface area contributed by atoms with Crippen LogP contribution in [0.1, 0.15) is 0 Å². The summed E-state index contributed by atoms with van der Waals surface area (Å²) in [6.07, 6.45) is 0. The van der Waals surface area contributed by atoms with Crippen molar-refractivity contribution in [1.29, 1.82) is 0 Å². The number of nitrogens with zero attached hydrogens (tertiary/aromatic N) is 2. The van der Waals surface area contributed by atoms with Crippen molar-refractivity contribution in [2.75, 3.05) is 0 Å². The Balaban J connectivity index is 1.99. The van der Waals surface area contributed by atoms with Gasteiger partial charge in [-0.05, 0) is 18.2 Å². The summed E-state index contributed by atoms with van der Waals surface area (Å²) < 4.78 is 13.4. The van der Waals surface area contributed by atoms with Crippen LogP contribution in [0.4, 0.5) is 4.39 Å². The zero-order valence-corrected chi connectivity index (χ0v) is 10.5. The van der Waals surface area contributed by atoms with Crippen LogP contribution in [0.3, 0.4) is 0 Å². The first-order valence-corrected chi connectivity index (χ1v) is 6.05. The first-order chi connectivity index (χ1) is 9.24. The summed E-state index contributed by atoms with van der Waals surface area (Å²) in [6.45, 7) is 0. The molecule has 3 nitrogen and oxygen atoms in total. The predicted octanol–water partition coefficient (Wildman–Crippen LogP) is 3.93. The lowest BCUT2D eigenvalue weighted by molar-refractivity contribution is 0.628. The van der Waals surface area contributed by atoms with Gasteiger partial charge in [0.25, 0.3) is 0 Å². The molecule has 19 heavy (non-hydrogen) atoms. The first kappa shape index (κ1) is 11.9. The molecule has 0 saturated carbocycles. The fourth-order valence-electron chi connectivity index (χ4n) is 1.75. The van der Waals surface area contributed by atoms with Crippen molar-refractivity contribution in [1.82, 2.24) is 15.2 Å². The Bertz CT molecular complexity index is 710. The SMILES string of the molecule is Fc1cc(-c2n[nH]c(-c3ccccc3)n2)ccc1Cl. The molecule has 0 aliphatic carbocycles. The van der Waals surface area contributed by atoms with Gasteiger partial charge in [0.1, 0.15) is 5.82 Å². The largest absolute Gasteiger partial charge is 0.259 e. The molecule has 0 atom stereocenters. The van der Waals surface area contributed by atoms with E-state index in [0.29, 0.717) is 17.2 Å². The molecule has 0 amide bonds. The fourth-order valence-corrected chi connectivity index (χ4v) is 1.87. The highest BCUT2D eigenvalue weighted by Gasteiger charge is 2.09. The third-order valence-electron chi connectivity index (χ3n) is 2.71. The zero-order valence-electron chi connectivity index (χ0n) is 9.77. The fraction of sp³-hybridized carbons (Fsp3) is 0. The van der Waals surface area contributed by atoms with E-state index in [1.165, 1.54) is 12.1 Å². The van der Waals surface area contributed by atoms with Crippen molar-refractivity contribution >= 4 is 11.6 Å². The summed E-state index contributed by atoms with van der Waals surface area (Å²) in [7, 11) is 0. The van der Waals surface area contributed by atoms with Crippen LogP contribution in [0.15, 0.2) is 48.5 Å². The monoisotopic (exact) mass is 273 g/mol. The molecule has 2 aromatic carbocycles. The minimum Gasteiger partial charge on any atom is -0.259 e. The predicted molar refractivity (Wildman–Crippen MR) is 72.2 cm³/mol. The van der Waals surface area contributed by atoms with E-state index in [-0.39, 0.29) is 5.02 Å². The Labute approximate surface area is 114 Å². The average Bonchev–Trinajstić information content (AvgIpc) is 2.93. The number of nitrogens with one attached hydrogen (secondary N) is 1. The summed E-state index contributed by atoms with van der Waals surface area (Å²) in [4.78, 5) is 4.35. The van der Waals surface area contributed by atoms with E-state index >= 15 is 0 Å². The molecule has 1 heterocycles. The van der Waals surface area contributed by atoms with Crippen LogP contribution < -0.4 is 0 Å². The molecule has 1 N–H and O–H groups in total. The summed E-state index contributed by atoms with van der Waals surface area (Å²) >= 11 is 5.65. The zero-order chi connectivity index (χ0) is 13.2. The smallest absolute Gasteiger partial charge is 0.181 e. The minimum absolute atomic E-state index is 0.0857. The van der Waals surface area contributed by atoms with Crippen molar-refractivity contribution in [3.63, 3.8) is 0 Å². The summed E-state index contributed by atoms with van der Waals surface area (Å²) in [5.41, 5.74) is 1.51. The number of halogens is 2. The number of benzene rings is 2. The maximum absolute atomic E-state index is 13.4. The highest BCUT2D eigenvalue weighted by atomic mass is 35.5. The van der Waals surface area contributed by atoms with Crippen LogP contribution in [-0.4, -0.2) is 15.2 Å². The lowest BCUT2D eigenvalue weighted by Gasteiger charge is -1.97. The van der Waals surface area contributed by atoms with Gasteiger partial charge in [-0.3, -0.25) is 5.10 Å². The summed E-state index contributed by atoms with van der Waals surface area (Å²) in [6, 6.07) is 14.1. The van der Waals surface area contributed by atoms with Crippen molar-refractivity contribution in [3.8, 4) is 22.8 Å². The van der Waals surface area contributed by atoms with Crippen molar-refractivity contribution in [2.24, 2.45) is 0 Å². The number of hydrogen-bond acceptors (Lipinski definition) is 2. The van der Waals surface area contributed by atoms with Gasteiger partial charge in [0.05, 0.1) is 5.02 Å². The molecule has 0 unspecified atom stereocenters. The van der Waals surface area contributed by atoms with E-state index in [4.69, 9.17) is 11.6 Å². The molecular weight excluding hydrogens is 265 g/mol. The molecule has 0 radical (unpaired) electrons.